The Labute approximate surface area is 255 Å². The molecule has 0 unspecified atom stereocenters. The third-order valence-electron chi connectivity index (χ3n) is 8.94. The first kappa shape index (κ1) is 24.7. The van der Waals surface area contributed by atoms with Crippen molar-refractivity contribution in [2.75, 3.05) is 0 Å². The van der Waals surface area contributed by atoms with Crippen LogP contribution in [0.15, 0.2) is 170 Å². The minimum atomic E-state index is 1.16. The van der Waals surface area contributed by atoms with Gasteiger partial charge >= 0.3 is 0 Å². The highest BCUT2D eigenvalue weighted by Gasteiger charge is 2.18. The molecule has 0 N–H and O–H groups in total. The maximum absolute atomic E-state index is 2.44. The molecule has 0 atom stereocenters. The van der Waals surface area contributed by atoms with E-state index >= 15 is 0 Å². The molecule has 44 heavy (non-hydrogen) atoms. The van der Waals surface area contributed by atoms with Crippen LogP contribution in [-0.2, 0) is 0 Å². The van der Waals surface area contributed by atoms with E-state index in [4.69, 9.17) is 0 Å². The molecule has 9 aromatic rings. The van der Waals surface area contributed by atoms with Gasteiger partial charge in [0.15, 0.2) is 0 Å². The number of fused-ring (bicyclic) bond motifs is 6. The highest BCUT2D eigenvalue weighted by atomic mass is 15.0. The summed E-state index contributed by atoms with van der Waals surface area (Å²) in [6.07, 6.45) is 2.17. The fourth-order valence-corrected chi connectivity index (χ4v) is 6.89. The summed E-state index contributed by atoms with van der Waals surface area (Å²) in [6, 6.07) is 59.3. The molecule has 0 fully saturated rings. The monoisotopic (exact) mass is 560 g/mol. The molecule has 0 aliphatic carbocycles. The van der Waals surface area contributed by atoms with E-state index in [1.165, 1.54) is 71.4 Å². The van der Waals surface area contributed by atoms with E-state index in [-0.39, 0.29) is 0 Å². The van der Waals surface area contributed by atoms with Crippen molar-refractivity contribution in [3.05, 3.63) is 170 Å². The Bertz CT molecular complexity index is 2460. The molecule has 2 aromatic heterocycles. The zero-order valence-corrected chi connectivity index (χ0v) is 24.1. The molecular formula is C42H28N2. The van der Waals surface area contributed by atoms with Gasteiger partial charge in [-0.2, -0.15) is 0 Å². The Kier molecular flexibility index (Phi) is 5.54. The average molecular weight is 561 g/mol. The van der Waals surface area contributed by atoms with Gasteiger partial charge < -0.3 is 9.13 Å². The zero-order chi connectivity index (χ0) is 29.0. The summed E-state index contributed by atoms with van der Waals surface area (Å²) in [5, 5.41) is 6.27. The van der Waals surface area contributed by atoms with Crippen molar-refractivity contribution in [3.63, 3.8) is 0 Å². The van der Waals surface area contributed by atoms with E-state index in [1.54, 1.807) is 0 Å². The van der Waals surface area contributed by atoms with Crippen LogP contribution < -0.4 is 0 Å². The molecule has 2 heteroatoms. The lowest BCUT2D eigenvalue weighted by atomic mass is 9.94. The molecule has 0 bridgehead atoms. The number of nitrogens with zero attached hydrogens (tertiary/aromatic N) is 2. The van der Waals surface area contributed by atoms with Gasteiger partial charge in [-0.25, -0.2) is 0 Å². The molecular weight excluding hydrogens is 532 g/mol. The van der Waals surface area contributed by atoms with Crippen LogP contribution in [0, 0.1) is 0 Å². The molecule has 0 amide bonds. The summed E-state index contributed by atoms with van der Waals surface area (Å²) in [4.78, 5) is 0. The smallest absolute Gasteiger partial charge is 0.0619 e. The van der Waals surface area contributed by atoms with Gasteiger partial charge in [0, 0.05) is 39.1 Å². The molecule has 0 aliphatic rings. The summed E-state index contributed by atoms with van der Waals surface area (Å²) < 4.78 is 4.70. The van der Waals surface area contributed by atoms with Crippen LogP contribution in [0.2, 0.25) is 0 Å². The van der Waals surface area contributed by atoms with Crippen molar-refractivity contribution in [3.8, 4) is 33.6 Å². The van der Waals surface area contributed by atoms with E-state index < -0.39 is 0 Å². The summed E-state index contributed by atoms with van der Waals surface area (Å²) in [5.74, 6) is 0. The zero-order valence-electron chi connectivity index (χ0n) is 24.1. The minimum absolute atomic E-state index is 1.16. The van der Waals surface area contributed by atoms with E-state index in [1.807, 2.05) is 0 Å². The summed E-state index contributed by atoms with van der Waals surface area (Å²) in [6.45, 7) is 0. The SMILES string of the molecule is c1ccc(-c2ccc(-n3c4ccccc4c4cc(-c5ccc6c(ccn6-c6ccccc6)c5)c5ccccc5c43)cc2)cc1. The standard InChI is InChI=1S/C42H28N2/c1-3-11-29(12-4-1)30-19-22-34(23-20-30)44-41-18-10-9-16-36(41)39-28-38(35-15-7-8-17-37(35)42(39)44)31-21-24-40-32(27-31)25-26-43(40)33-13-5-2-6-14-33/h1-28H. The van der Waals surface area contributed by atoms with Crippen LogP contribution in [0.4, 0.5) is 0 Å². The van der Waals surface area contributed by atoms with Crippen molar-refractivity contribution < 1.29 is 0 Å². The molecule has 9 rings (SSSR count). The number of benzene rings is 7. The van der Waals surface area contributed by atoms with Crippen LogP contribution in [-0.4, -0.2) is 9.13 Å². The quantitative estimate of drug-likeness (QED) is 0.203. The summed E-state index contributed by atoms with van der Waals surface area (Å²) in [5.41, 5.74) is 10.9. The van der Waals surface area contributed by atoms with E-state index in [0.29, 0.717) is 0 Å². The minimum Gasteiger partial charge on any atom is -0.317 e. The van der Waals surface area contributed by atoms with Gasteiger partial charge in [0.05, 0.1) is 16.6 Å². The first-order valence-electron chi connectivity index (χ1n) is 15.1. The Balaban J connectivity index is 1.27. The third kappa shape index (κ3) is 3.82. The molecule has 0 saturated carbocycles. The van der Waals surface area contributed by atoms with Crippen LogP contribution >= 0.6 is 0 Å². The van der Waals surface area contributed by atoms with Crippen molar-refractivity contribution in [1.29, 1.82) is 0 Å². The van der Waals surface area contributed by atoms with Crippen LogP contribution in [0.1, 0.15) is 0 Å². The molecule has 0 spiro atoms. The van der Waals surface area contributed by atoms with Crippen molar-refractivity contribution >= 4 is 43.5 Å². The molecule has 0 aliphatic heterocycles. The normalized spacial score (nSPS) is 11.6. The van der Waals surface area contributed by atoms with E-state index in [0.717, 1.165) is 5.69 Å². The van der Waals surface area contributed by atoms with Gasteiger partial charge in [-0.1, -0.05) is 109 Å². The number of para-hydroxylation sites is 2. The van der Waals surface area contributed by atoms with E-state index in [2.05, 4.69) is 179 Å². The predicted molar refractivity (Wildman–Crippen MR) is 186 cm³/mol. The number of hydrogen-bond donors (Lipinski definition) is 0. The van der Waals surface area contributed by atoms with Crippen LogP contribution in [0.5, 0.6) is 0 Å². The molecule has 7 aromatic carbocycles. The number of rotatable bonds is 4. The number of aromatic nitrogens is 2. The van der Waals surface area contributed by atoms with Gasteiger partial charge in [0.1, 0.15) is 0 Å². The van der Waals surface area contributed by atoms with Gasteiger partial charge in [0.2, 0.25) is 0 Å². The lowest BCUT2D eigenvalue weighted by Crippen LogP contribution is -1.95. The largest absolute Gasteiger partial charge is 0.317 e. The molecule has 2 heterocycles. The maximum Gasteiger partial charge on any atom is 0.0619 e. The Hall–Kier alpha value is -5.86. The first-order chi connectivity index (χ1) is 21.8. The lowest BCUT2D eigenvalue weighted by molar-refractivity contribution is 1.13. The van der Waals surface area contributed by atoms with Gasteiger partial charge in [0.25, 0.3) is 0 Å². The Morgan fingerprint density at radius 2 is 1.00 bits per heavy atom. The summed E-state index contributed by atoms with van der Waals surface area (Å²) in [7, 11) is 0. The second-order valence-electron chi connectivity index (χ2n) is 11.4. The van der Waals surface area contributed by atoms with Crippen LogP contribution in [0.3, 0.4) is 0 Å². The molecule has 206 valence electrons. The summed E-state index contributed by atoms with van der Waals surface area (Å²) >= 11 is 0. The van der Waals surface area contributed by atoms with Gasteiger partial charge in [-0.05, 0) is 82.2 Å². The third-order valence-corrected chi connectivity index (χ3v) is 8.94. The van der Waals surface area contributed by atoms with Crippen LogP contribution in [0.25, 0.3) is 77.1 Å². The molecule has 0 saturated heterocycles. The lowest BCUT2D eigenvalue weighted by Gasteiger charge is -2.14. The molecule has 0 radical (unpaired) electrons. The molecule has 2 nitrogen and oxygen atoms in total. The highest BCUT2D eigenvalue weighted by molar-refractivity contribution is 6.22. The van der Waals surface area contributed by atoms with Gasteiger partial charge in [-0.15, -0.1) is 0 Å². The predicted octanol–water partition coefficient (Wildman–Crippen LogP) is 11.2. The van der Waals surface area contributed by atoms with Crippen molar-refractivity contribution in [2.45, 2.75) is 0 Å². The Morgan fingerprint density at radius 1 is 0.364 bits per heavy atom. The van der Waals surface area contributed by atoms with Crippen molar-refractivity contribution in [1.82, 2.24) is 9.13 Å². The Morgan fingerprint density at radius 3 is 1.80 bits per heavy atom. The first-order valence-corrected chi connectivity index (χ1v) is 15.1. The maximum atomic E-state index is 2.44. The number of hydrogen-bond acceptors (Lipinski definition) is 0. The average Bonchev–Trinajstić information content (AvgIpc) is 3.68. The fraction of sp³-hybridized carbons (Fsp3) is 0. The van der Waals surface area contributed by atoms with E-state index in [9.17, 15) is 0 Å². The van der Waals surface area contributed by atoms with Gasteiger partial charge in [-0.3, -0.25) is 0 Å². The topological polar surface area (TPSA) is 9.86 Å². The van der Waals surface area contributed by atoms with Crippen molar-refractivity contribution in [2.24, 2.45) is 0 Å². The highest BCUT2D eigenvalue weighted by Crippen LogP contribution is 2.42. The second kappa shape index (κ2) is 9.86. The second-order valence-corrected chi connectivity index (χ2v) is 11.4. The fourth-order valence-electron chi connectivity index (χ4n) is 6.89.